The number of fused-ring (bicyclic) bond motifs is 1. The van der Waals surface area contributed by atoms with Gasteiger partial charge in [0.25, 0.3) is 0 Å². The molecule has 1 aromatic heterocycles. The number of ketones is 1. The molecule has 4 heteroatoms. The Kier molecular flexibility index (Phi) is 4.24. The molecule has 4 nitrogen and oxygen atoms in total. The van der Waals surface area contributed by atoms with Crippen molar-refractivity contribution in [2.75, 3.05) is 6.61 Å². The van der Waals surface area contributed by atoms with Crippen molar-refractivity contribution < 1.29 is 14.3 Å². The normalized spacial score (nSPS) is 14.3. The first-order valence-corrected chi connectivity index (χ1v) is 7.38. The van der Waals surface area contributed by atoms with E-state index >= 15 is 0 Å². The fraction of sp³-hybridized carbons (Fsp3) is 0.158. The lowest BCUT2D eigenvalue weighted by molar-refractivity contribution is 0.101. The van der Waals surface area contributed by atoms with Crippen LogP contribution < -0.4 is 9.47 Å². The summed E-state index contributed by atoms with van der Waals surface area (Å²) in [5, 5.41) is 0. The number of pyridine rings is 1. The molecular formula is C19H17NO3. The van der Waals surface area contributed by atoms with E-state index in [-0.39, 0.29) is 5.78 Å². The zero-order valence-electron chi connectivity index (χ0n) is 13.1. The van der Waals surface area contributed by atoms with Crippen LogP contribution in [0.5, 0.6) is 11.5 Å². The number of carbonyl (C=O) groups is 1. The SMILES string of the molecule is CC(C)=CCOc1ccc2c(c1)O/C(=C/c1ccncc1)C2=O. The quantitative estimate of drug-likeness (QED) is 0.632. The van der Waals surface area contributed by atoms with E-state index < -0.39 is 0 Å². The van der Waals surface area contributed by atoms with Gasteiger partial charge >= 0.3 is 0 Å². The first-order valence-electron chi connectivity index (χ1n) is 7.38. The van der Waals surface area contributed by atoms with E-state index in [9.17, 15) is 4.79 Å². The van der Waals surface area contributed by atoms with E-state index in [1.807, 2.05) is 32.1 Å². The molecule has 0 saturated heterocycles. The summed E-state index contributed by atoms with van der Waals surface area (Å²) >= 11 is 0. The molecule has 0 amide bonds. The molecule has 0 bridgehead atoms. The molecule has 23 heavy (non-hydrogen) atoms. The molecule has 0 aliphatic carbocycles. The van der Waals surface area contributed by atoms with Crippen LogP contribution in [0.1, 0.15) is 29.8 Å². The molecule has 3 rings (SSSR count). The van der Waals surface area contributed by atoms with E-state index in [0.717, 1.165) is 5.56 Å². The van der Waals surface area contributed by atoms with Crippen LogP contribution in [0.3, 0.4) is 0 Å². The van der Waals surface area contributed by atoms with E-state index in [4.69, 9.17) is 9.47 Å². The van der Waals surface area contributed by atoms with Crippen molar-refractivity contribution in [1.29, 1.82) is 0 Å². The Labute approximate surface area is 135 Å². The highest BCUT2D eigenvalue weighted by atomic mass is 16.5. The molecule has 0 spiro atoms. The first kappa shape index (κ1) is 15.0. The number of allylic oxidation sites excluding steroid dienone is 2. The largest absolute Gasteiger partial charge is 0.489 e. The van der Waals surface area contributed by atoms with Crippen molar-refractivity contribution in [3.63, 3.8) is 0 Å². The number of nitrogens with zero attached hydrogens (tertiary/aromatic N) is 1. The molecule has 2 aromatic rings. The second kappa shape index (κ2) is 6.48. The molecule has 0 N–H and O–H groups in total. The van der Waals surface area contributed by atoms with Crippen molar-refractivity contribution in [1.82, 2.24) is 4.98 Å². The van der Waals surface area contributed by atoms with Crippen LogP contribution in [0.2, 0.25) is 0 Å². The zero-order valence-corrected chi connectivity index (χ0v) is 13.1. The second-order valence-electron chi connectivity index (χ2n) is 5.47. The van der Waals surface area contributed by atoms with Crippen LogP contribution in [0.15, 0.2) is 60.1 Å². The lowest BCUT2D eigenvalue weighted by Gasteiger charge is -2.05. The maximum atomic E-state index is 12.4. The van der Waals surface area contributed by atoms with Crippen molar-refractivity contribution in [2.24, 2.45) is 0 Å². The fourth-order valence-electron chi connectivity index (χ4n) is 2.17. The Morgan fingerprint density at radius 3 is 2.74 bits per heavy atom. The van der Waals surface area contributed by atoms with E-state index in [1.165, 1.54) is 5.57 Å². The summed E-state index contributed by atoms with van der Waals surface area (Å²) in [6.45, 7) is 4.53. The van der Waals surface area contributed by atoms with Crippen LogP contribution >= 0.6 is 0 Å². The number of benzene rings is 1. The molecule has 1 aliphatic heterocycles. The minimum Gasteiger partial charge on any atom is -0.489 e. The Morgan fingerprint density at radius 2 is 2.00 bits per heavy atom. The van der Waals surface area contributed by atoms with Crippen LogP contribution in [-0.4, -0.2) is 17.4 Å². The average molecular weight is 307 g/mol. The van der Waals surface area contributed by atoms with Gasteiger partial charge in [0, 0.05) is 18.5 Å². The summed E-state index contributed by atoms with van der Waals surface area (Å²) in [6.07, 6.45) is 7.06. The predicted octanol–water partition coefficient (Wildman–Crippen LogP) is 4.04. The standard InChI is InChI=1S/C19H17NO3/c1-13(2)7-10-22-15-3-4-16-17(12-15)23-18(19(16)21)11-14-5-8-20-9-6-14/h3-9,11-12H,10H2,1-2H3/b18-11+. The van der Waals surface area contributed by atoms with Crippen LogP contribution in [0.25, 0.3) is 6.08 Å². The zero-order chi connectivity index (χ0) is 16.2. The number of aromatic nitrogens is 1. The van der Waals surface area contributed by atoms with E-state index in [0.29, 0.717) is 29.4 Å². The summed E-state index contributed by atoms with van der Waals surface area (Å²) < 4.78 is 11.3. The lowest BCUT2D eigenvalue weighted by atomic mass is 10.1. The highest BCUT2D eigenvalue weighted by Crippen LogP contribution is 2.34. The maximum absolute atomic E-state index is 12.4. The van der Waals surface area contributed by atoms with Gasteiger partial charge in [0.05, 0.1) is 5.56 Å². The van der Waals surface area contributed by atoms with Gasteiger partial charge in [-0.05, 0) is 55.8 Å². The Balaban J connectivity index is 1.80. The van der Waals surface area contributed by atoms with Gasteiger partial charge in [0.1, 0.15) is 18.1 Å². The van der Waals surface area contributed by atoms with Gasteiger partial charge < -0.3 is 9.47 Å². The van der Waals surface area contributed by atoms with Crippen LogP contribution in [0.4, 0.5) is 0 Å². The first-order chi connectivity index (χ1) is 11.1. The summed E-state index contributed by atoms with van der Waals surface area (Å²) in [5.74, 6) is 1.41. The number of Topliss-reactive ketones (excluding diaryl/α,β-unsaturated/α-hetero) is 1. The summed E-state index contributed by atoms with van der Waals surface area (Å²) in [5.41, 5.74) is 2.62. The van der Waals surface area contributed by atoms with Crippen molar-refractivity contribution >= 4 is 11.9 Å². The van der Waals surface area contributed by atoms with Gasteiger partial charge in [-0.25, -0.2) is 0 Å². The minimum atomic E-state index is -0.118. The van der Waals surface area contributed by atoms with Gasteiger partial charge in [-0.15, -0.1) is 0 Å². The van der Waals surface area contributed by atoms with E-state index in [1.54, 1.807) is 36.7 Å². The van der Waals surface area contributed by atoms with Crippen molar-refractivity contribution in [3.8, 4) is 11.5 Å². The highest BCUT2D eigenvalue weighted by molar-refractivity contribution is 6.14. The van der Waals surface area contributed by atoms with Gasteiger partial charge in [-0.1, -0.05) is 5.57 Å². The van der Waals surface area contributed by atoms with Gasteiger partial charge in [0.15, 0.2) is 5.76 Å². The number of hydrogen-bond donors (Lipinski definition) is 0. The molecule has 2 heterocycles. The third kappa shape index (κ3) is 3.48. The van der Waals surface area contributed by atoms with E-state index in [2.05, 4.69) is 4.98 Å². The minimum absolute atomic E-state index is 0.118. The molecule has 1 aliphatic rings. The monoisotopic (exact) mass is 307 g/mol. The molecule has 1 aromatic carbocycles. The Morgan fingerprint density at radius 1 is 1.22 bits per heavy atom. The topological polar surface area (TPSA) is 48.4 Å². The summed E-state index contributed by atoms with van der Waals surface area (Å²) in [4.78, 5) is 16.3. The van der Waals surface area contributed by atoms with Gasteiger partial charge in [-0.2, -0.15) is 0 Å². The third-order valence-electron chi connectivity index (χ3n) is 3.39. The van der Waals surface area contributed by atoms with Crippen LogP contribution in [-0.2, 0) is 0 Å². The molecule has 0 radical (unpaired) electrons. The fourth-order valence-corrected chi connectivity index (χ4v) is 2.17. The van der Waals surface area contributed by atoms with Gasteiger partial charge in [0.2, 0.25) is 5.78 Å². The molecular weight excluding hydrogens is 290 g/mol. The molecule has 0 atom stereocenters. The highest BCUT2D eigenvalue weighted by Gasteiger charge is 2.27. The number of carbonyl (C=O) groups excluding carboxylic acids is 1. The second-order valence-corrected chi connectivity index (χ2v) is 5.47. The lowest BCUT2D eigenvalue weighted by Crippen LogP contribution is -1.98. The van der Waals surface area contributed by atoms with Crippen LogP contribution in [0, 0.1) is 0 Å². The molecule has 0 fully saturated rings. The number of hydrogen-bond acceptors (Lipinski definition) is 4. The molecule has 0 saturated carbocycles. The summed E-state index contributed by atoms with van der Waals surface area (Å²) in [6, 6.07) is 8.91. The predicted molar refractivity (Wildman–Crippen MR) is 88.5 cm³/mol. The average Bonchev–Trinajstić information content (AvgIpc) is 2.84. The maximum Gasteiger partial charge on any atom is 0.231 e. The molecule has 116 valence electrons. The third-order valence-corrected chi connectivity index (χ3v) is 3.39. The summed E-state index contributed by atoms with van der Waals surface area (Å²) in [7, 11) is 0. The Bertz CT molecular complexity index is 788. The smallest absolute Gasteiger partial charge is 0.231 e. The van der Waals surface area contributed by atoms with Gasteiger partial charge in [-0.3, -0.25) is 9.78 Å². The number of ether oxygens (including phenoxy) is 2. The van der Waals surface area contributed by atoms with Crippen molar-refractivity contribution in [2.45, 2.75) is 13.8 Å². The number of rotatable bonds is 4. The Hall–Kier alpha value is -2.88. The van der Waals surface area contributed by atoms with Crippen molar-refractivity contribution in [3.05, 3.63) is 71.3 Å². The molecule has 0 unspecified atom stereocenters.